The maximum absolute atomic E-state index is 12.5. The summed E-state index contributed by atoms with van der Waals surface area (Å²) in [6, 6.07) is 8.91. The van der Waals surface area contributed by atoms with Crippen molar-refractivity contribution >= 4 is 6.03 Å². The number of carbonyl (C=O) groups excluding carboxylic acids is 1. The normalized spacial score (nSPS) is 27.6. The van der Waals surface area contributed by atoms with E-state index in [1.165, 1.54) is 38.0 Å². The third-order valence-corrected chi connectivity index (χ3v) is 6.78. The zero-order valence-corrected chi connectivity index (χ0v) is 17.1. The van der Waals surface area contributed by atoms with Crippen LogP contribution in [0.15, 0.2) is 24.3 Å². The molecule has 4 saturated heterocycles. The molecule has 28 heavy (non-hydrogen) atoms. The molecule has 1 atom stereocenters. The fourth-order valence-corrected chi connectivity index (χ4v) is 5.10. The predicted octanol–water partition coefficient (Wildman–Crippen LogP) is 2.05. The first kappa shape index (κ1) is 19.5. The molecule has 0 aliphatic carbocycles. The van der Waals surface area contributed by atoms with E-state index in [1.807, 2.05) is 23.1 Å². The van der Waals surface area contributed by atoms with Gasteiger partial charge >= 0.3 is 6.03 Å². The molecule has 6 nitrogen and oxygen atoms in total. The van der Waals surface area contributed by atoms with Crippen molar-refractivity contribution in [3.8, 4) is 5.75 Å². The largest absolute Gasteiger partial charge is 0.496 e. The number of methoxy groups -OCH3 is 1. The Morgan fingerprint density at radius 1 is 1.11 bits per heavy atom. The van der Waals surface area contributed by atoms with E-state index in [9.17, 15) is 4.79 Å². The highest BCUT2D eigenvalue weighted by molar-refractivity contribution is 5.74. The molecule has 1 N–H and O–H groups in total. The van der Waals surface area contributed by atoms with Crippen molar-refractivity contribution in [3.05, 3.63) is 29.8 Å². The zero-order valence-electron chi connectivity index (χ0n) is 17.1. The molecule has 154 valence electrons. The van der Waals surface area contributed by atoms with Gasteiger partial charge < -0.3 is 19.9 Å². The first-order valence-corrected chi connectivity index (χ1v) is 10.9. The lowest BCUT2D eigenvalue weighted by Crippen LogP contribution is -2.62. The van der Waals surface area contributed by atoms with Gasteiger partial charge in [0.25, 0.3) is 0 Å². The molecule has 6 heteroatoms. The van der Waals surface area contributed by atoms with Crippen molar-refractivity contribution in [2.75, 3.05) is 59.5 Å². The topological polar surface area (TPSA) is 48.1 Å². The van der Waals surface area contributed by atoms with Gasteiger partial charge in [-0.25, -0.2) is 4.79 Å². The second-order valence-corrected chi connectivity index (χ2v) is 8.38. The average Bonchev–Trinajstić information content (AvgIpc) is 2.77. The highest BCUT2D eigenvalue weighted by Crippen LogP contribution is 2.31. The Labute approximate surface area is 168 Å². The Morgan fingerprint density at radius 3 is 2.54 bits per heavy atom. The summed E-state index contributed by atoms with van der Waals surface area (Å²) >= 11 is 0. The van der Waals surface area contributed by atoms with Crippen LogP contribution in [0, 0.1) is 5.92 Å². The summed E-state index contributed by atoms with van der Waals surface area (Å²) in [6.45, 7) is 8.25. The number of para-hydroxylation sites is 1. The summed E-state index contributed by atoms with van der Waals surface area (Å²) in [5, 5.41) is 3.10. The van der Waals surface area contributed by atoms with Crippen molar-refractivity contribution in [3.63, 3.8) is 0 Å². The zero-order chi connectivity index (χ0) is 19.3. The Bertz CT molecular complexity index is 652. The minimum Gasteiger partial charge on any atom is -0.496 e. The van der Waals surface area contributed by atoms with E-state index in [0.29, 0.717) is 12.6 Å². The van der Waals surface area contributed by atoms with Crippen LogP contribution in [0.25, 0.3) is 0 Å². The van der Waals surface area contributed by atoms with Gasteiger partial charge in [0.15, 0.2) is 0 Å². The molecule has 2 bridgehead atoms. The van der Waals surface area contributed by atoms with Gasteiger partial charge in [-0.15, -0.1) is 0 Å². The molecule has 0 aromatic heterocycles. The van der Waals surface area contributed by atoms with Crippen LogP contribution in [0.3, 0.4) is 0 Å². The molecule has 5 rings (SSSR count). The van der Waals surface area contributed by atoms with E-state index in [2.05, 4.69) is 21.2 Å². The van der Waals surface area contributed by atoms with Crippen LogP contribution in [0.5, 0.6) is 5.75 Å². The number of amides is 2. The van der Waals surface area contributed by atoms with Gasteiger partial charge in [-0.05, 0) is 56.3 Å². The van der Waals surface area contributed by atoms with Crippen molar-refractivity contribution in [2.45, 2.75) is 31.7 Å². The van der Waals surface area contributed by atoms with Crippen LogP contribution >= 0.6 is 0 Å². The summed E-state index contributed by atoms with van der Waals surface area (Å²) < 4.78 is 5.39. The second kappa shape index (κ2) is 9.14. The number of benzene rings is 1. The van der Waals surface area contributed by atoms with Gasteiger partial charge in [0.2, 0.25) is 0 Å². The molecule has 1 aromatic carbocycles. The standard InChI is InChI=1S/C22H34N4O2/c1-28-21-7-3-2-5-19(21)6-4-10-23-22(27)26-15-13-25(14-16-26)20-17-24-11-8-18(20)9-12-24/h2-3,5,7,18,20H,4,6,8-17H2,1H3,(H,23,27)/t20-/m1/s1. The second-order valence-electron chi connectivity index (χ2n) is 8.38. The quantitative estimate of drug-likeness (QED) is 0.761. The fraction of sp³-hybridized carbons (Fsp3) is 0.682. The van der Waals surface area contributed by atoms with Crippen LogP contribution < -0.4 is 10.1 Å². The smallest absolute Gasteiger partial charge is 0.317 e. The van der Waals surface area contributed by atoms with E-state index in [0.717, 1.165) is 50.7 Å². The van der Waals surface area contributed by atoms with Gasteiger partial charge in [-0.2, -0.15) is 0 Å². The lowest BCUT2D eigenvalue weighted by molar-refractivity contribution is -0.0103. The Morgan fingerprint density at radius 2 is 1.86 bits per heavy atom. The maximum Gasteiger partial charge on any atom is 0.317 e. The average molecular weight is 387 g/mol. The maximum atomic E-state index is 12.5. The molecule has 0 saturated carbocycles. The monoisotopic (exact) mass is 386 g/mol. The van der Waals surface area contributed by atoms with E-state index >= 15 is 0 Å². The highest BCUT2D eigenvalue weighted by Gasteiger charge is 2.38. The minimum absolute atomic E-state index is 0.0913. The van der Waals surface area contributed by atoms with Crippen LogP contribution in [-0.4, -0.2) is 86.2 Å². The third-order valence-electron chi connectivity index (χ3n) is 6.78. The molecule has 0 radical (unpaired) electrons. The van der Waals surface area contributed by atoms with Gasteiger partial charge in [-0.1, -0.05) is 18.2 Å². The van der Waals surface area contributed by atoms with Crippen LogP contribution in [0.1, 0.15) is 24.8 Å². The molecule has 4 aliphatic rings. The highest BCUT2D eigenvalue weighted by atomic mass is 16.5. The van der Waals surface area contributed by atoms with Crippen molar-refractivity contribution in [1.29, 1.82) is 0 Å². The van der Waals surface area contributed by atoms with Crippen molar-refractivity contribution in [2.24, 2.45) is 5.92 Å². The van der Waals surface area contributed by atoms with Gasteiger partial charge in [0, 0.05) is 45.3 Å². The third kappa shape index (κ3) is 4.44. The Hall–Kier alpha value is -1.79. The van der Waals surface area contributed by atoms with E-state index < -0.39 is 0 Å². The number of fused-ring (bicyclic) bond motifs is 3. The molecule has 0 unspecified atom stereocenters. The number of nitrogens with one attached hydrogen (secondary N) is 1. The molecular weight excluding hydrogens is 352 g/mol. The van der Waals surface area contributed by atoms with Gasteiger partial charge in [0.1, 0.15) is 5.75 Å². The molecule has 2 amide bonds. The van der Waals surface area contributed by atoms with E-state index in [-0.39, 0.29) is 6.03 Å². The van der Waals surface area contributed by atoms with Gasteiger partial charge in [0.05, 0.1) is 7.11 Å². The molecular formula is C22H34N4O2. The number of nitrogens with zero attached hydrogens (tertiary/aromatic N) is 3. The molecule has 0 spiro atoms. The SMILES string of the molecule is COc1ccccc1CCCNC(=O)N1CCN([C@@H]2CN3CCC2CC3)CC1. The van der Waals surface area contributed by atoms with Crippen molar-refractivity contribution < 1.29 is 9.53 Å². The van der Waals surface area contributed by atoms with Crippen molar-refractivity contribution in [1.82, 2.24) is 20.0 Å². The Balaban J connectivity index is 1.16. The summed E-state index contributed by atoms with van der Waals surface area (Å²) in [6.07, 6.45) is 4.55. The number of ether oxygens (including phenoxy) is 1. The molecule has 4 fully saturated rings. The summed E-state index contributed by atoms with van der Waals surface area (Å²) in [4.78, 5) is 19.8. The number of hydrogen-bond acceptors (Lipinski definition) is 4. The fourth-order valence-electron chi connectivity index (χ4n) is 5.10. The number of aryl methyl sites for hydroxylation is 1. The number of piperazine rings is 1. The van der Waals surface area contributed by atoms with Crippen LogP contribution in [0.4, 0.5) is 4.79 Å². The van der Waals surface area contributed by atoms with E-state index in [1.54, 1.807) is 7.11 Å². The number of carbonyl (C=O) groups is 1. The lowest BCUT2D eigenvalue weighted by Gasteiger charge is -2.50. The number of rotatable bonds is 6. The molecule has 1 aromatic rings. The predicted molar refractivity (Wildman–Crippen MR) is 111 cm³/mol. The number of urea groups is 1. The first-order chi connectivity index (χ1) is 13.7. The summed E-state index contributed by atoms with van der Waals surface area (Å²) in [7, 11) is 1.70. The number of piperidine rings is 3. The first-order valence-electron chi connectivity index (χ1n) is 10.9. The van der Waals surface area contributed by atoms with Crippen LogP contribution in [0.2, 0.25) is 0 Å². The molecule has 4 aliphatic heterocycles. The van der Waals surface area contributed by atoms with Gasteiger partial charge in [-0.3, -0.25) is 4.90 Å². The number of hydrogen-bond donors (Lipinski definition) is 1. The van der Waals surface area contributed by atoms with E-state index in [4.69, 9.17) is 4.74 Å². The summed E-state index contributed by atoms with van der Waals surface area (Å²) in [5.74, 6) is 1.80. The molecule has 4 heterocycles. The minimum atomic E-state index is 0.0913. The Kier molecular flexibility index (Phi) is 6.37. The van der Waals surface area contributed by atoms with Crippen LogP contribution in [-0.2, 0) is 6.42 Å². The lowest BCUT2D eigenvalue weighted by atomic mass is 9.83. The summed E-state index contributed by atoms with van der Waals surface area (Å²) in [5.41, 5.74) is 1.20.